The first-order valence-electron chi connectivity index (χ1n) is 25.7. The number of nitrogen functional groups attached to an aromatic ring is 1. The van der Waals surface area contributed by atoms with Crippen LogP contribution in [0.5, 0.6) is 23.0 Å². The first kappa shape index (κ1) is 70.0. The number of pyridine rings is 4. The van der Waals surface area contributed by atoms with E-state index in [1.807, 2.05) is 18.2 Å². The molecule has 0 unspecified atom stereocenters. The number of hydrogen-bond donors (Lipinski definition) is 4. The van der Waals surface area contributed by atoms with Crippen molar-refractivity contribution in [2.75, 3.05) is 56.4 Å². The average molecular weight is 1300 g/mol. The molecule has 30 heteroatoms. The summed E-state index contributed by atoms with van der Waals surface area (Å²) in [5.74, 6) is 3.44. The Labute approximate surface area is 552 Å². The molecule has 0 spiro atoms. The predicted octanol–water partition coefficient (Wildman–Crippen LogP) is 8.39. The van der Waals surface area contributed by atoms with Crippen LogP contribution in [0.15, 0.2) is 189 Å². The number of ether oxygens (including phenoxy) is 5. The third-order valence-corrected chi connectivity index (χ3v) is 11.6. The van der Waals surface area contributed by atoms with Gasteiger partial charge in [-0.1, -0.05) is 12.1 Å². The topological polar surface area (TPSA) is 312 Å². The van der Waals surface area contributed by atoms with E-state index in [9.17, 15) is 18.4 Å². The Morgan fingerprint density at radius 1 is 0.540 bits per heavy atom. The molecule has 10 rings (SSSR count). The fraction of sp³-hybridized carbons (Fsp3) is 0.123. The molecular weight excluding hydrogens is 1250 g/mol. The second-order valence-electron chi connectivity index (χ2n) is 16.3. The van der Waals surface area contributed by atoms with Crippen LogP contribution in [0.3, 0.4) is 0 Å². The van der Waals surface area contributed by atoms with E-state index in [2.05, 4.69) is 85.8 Å². The molecule has 0 fully saturated rings. The summed E-state index contributed by atoms with van der Waals surface area (Å²) in [5.41, 5.74) is 7.44. The van der Waals surface area contributed by atoms with Crippen LogP contribution in [-0.4, -0.2) is 176 Å². The molecule has 8 heterocycles. The molecule has 0 saturated carbocycles. The number of nitrogens with two attached hydrogens (primary N) is 1. The fourth-order valence-corrected chi connectivity index (χ4v) is 7.40. The van der Waals surface area contributed by atoms with Gasteiger partial charge in [-0.2, -0.15) is 0 Å². The van der Waals surface area contributed by atoms with Crippen molar-refractivity contribution >= 4 is 132 Å². The molecule has 0 saturated heterocycles. The van der Waals surface area contributed by atoms with Crippen molar-refractivity contribution in [3.05, 3.63) is 223 Å². The summed E-state index contributed by atoms with van der Waals surface area (Å²) in [6, 6.07) is 22.3. The van der Waals surface area contributed by atoms with Gasteiger partial charge in [0.05, 0.1) is 79.0 Å². The minimum atomic E-state index is -0.794. The number of nitrogens with one attached hydrogen (secondary N) is 2. The van der Waals surface area contributed by atoms with Gasteiger partial charge in [-0.15, -0.1) is 0 Å². The van der Waals surface area contributed by atoms with E-state index in [0.717, 1.165) is 22.5 Å². The van der Waals surface area contributed by atoms with E-state index in [4.69, 9.17) is 29.9 Å². The maximum atomic E-state index is 14.6. The monoisotopic (exact) mass is 1300 g/mol. The minimum absolute atomic E-state index is 0.000203. The molecular formula is C57H54BrF2K2N17O8. The van der Waals surface area contributed by atoms with Crippen LogP contribution in [0.4, 0.5) is 49.5 Å². The van der Waals surface area contributed by atoms with Gasteiger partial charge < -0.3 is 44.5 Å². The second-order valence-corrected chi connectivity index (χ2v) is 17.1. The molecule has 0 aliphatic heterocycles. The van der Waals surface area contributed by atoms with E-state index in [-0.39, 0.29) is 24.2 Å². The predicted molar refractivity (Wildman–Crippen MR) is 323 cm³/mol. The average Bonchev–Trinajstić information content (AvgIpc) is 3.53. The zero-order chi connectivity index (χ0) is 62.8. The number of hydrogen-bond acceptors (Lipinski definition) is 24. The third kappa shape index (κ3) is 22.5. The van der Waals surface area contributed by atoms with Gasteiger partial charge in [0.25, 0.3) is 5.91 Å². The molecule has 25 nitrogen and oxygen atoms in total. The molecule has 10 aromatic rings. The van der Waals surface area contributed by atoms with Gasteiger partial charge in [-0.25, -0.2) is 58.9 Å². The number of benzene rings is 2. The first-order chi connectivity index (χ1) is 42.4. The Kier molecular flexibility index (Phi) is 31.5. The normalized spacial score (nSPS) is 9.80. The third-order valence-electron chi connectivity index (χ3n) is 11.0. The number of esters is 1. The number of anilines is 7. The number of carbonyl (C=O) groups is 2. The molecule has 5 N–H and O–H groups in total. The number of rotatable bonds is 16. The molecule has 0 bridgehead atoms. The maximum absolute atomic E-state index is 14.6. The van der Waals surface area contributed by atoms with Crippen LogP contribution in [0.2, 0.25) is 0 Å². The Morgan fingerprint density at radius 2 is 0.989 bits per heavy atom. The van der Waals surface area contributed by atoms with Gasteiger partial charge in [0.15, 0.2) is 52.1 Å². The zero-order valence-corrected chi connectivity index (χ0v) is 55.8. The van der Waals surface area contributed by atoms with Gasteiger partial charge >= 0.3 is 69.1 Å². The number of hydroxylamine groups is 1. The van der Waals surface area contributed by atoms with Crippen LogP contribution in [0.25, 0.3) is 0 Å². The Bertz CT molecular complexity index is 3520. The number of amides is 1. The summed E-state index contributed by atoms with van der Waals surface area (Å²) < 4.78 is 55.3. The Morgan fingerprint density at radius 3 is 1.39 bits per heavy atom. The molecule has 0 aliphatic carbocycles. The van der Waals surface area contributed by atoms with Crippen molar-refractivity contribution in [2.24, 2.45) is 0 Å². The van der Waals surface area contributed by atoms with E-state index in [0.29, 0.717) is 69.1 Å². The van der Waals surface area contributed by atoms with Crippen molar-refractivity contribution in [3.8, 4) is 23.0 Å². The molecule has 0 atom stereocenters. The standard InChI is InChI=1S/C19H17FN4O3.C18H16FN5O3.C10H10N4O.C6H6BrNO.C4H5N3.2K/c1-26-16-4-3-7-23-18(16)24(17-11-21-8-9-22-17)12-14-6-5-13(10-15(14)20)19(25)27-2;1-27-15-3-2-6-22-17(15)24(16-10-20-7-8-21-16)11-13-5-4-12(9-14(13)19)18(25)23-26;1-15-8-3-2-4-13-10(8)14-9-7-11-5-6-12-9;1-9-5-3-2-4-8-6(5)7;5-4-3-6-1-2-7-4;;/h3-11H,12H2,1-2H3;2-10,26H,11H2,1H3,(H,23,25);2-7H,1H3,(H,12,13,14);2-4H,1H3;1-3H,(H2,5,7);;. The Hall–Kier alpha value is -7.73. The van der Waals surface area contributed by atoms with Gasteiger partial charge in [0, 0.05) is 91.1 Å². The molecule has 8 aromatic heterocycles. The molecule has 438 valence electrons. The van der Waals surface area contributed by atoms with Crippen molar-refractivity contribution < 1.29 is 47.3 Å². The SMILES string of the molecule is COC(=O)c1ccc(CN(c2cnccn2)c2ncccc2OC)c(F)c1.COc1cccnc1Br.COc1cccnc1N(Cc1ccc(C(=O)NO)cc1F)c1cnccn1.COc1cccnc1Nc1cnccn1.Nc1cnccn1.[K][K]. The fourth-order valence-electron chi connectivity index (χ4n) is 6.99. The number of carbonyl (C=O) groups excluding carboxylic acids is 2. The molecule has 1 amide bonds. The molecule has 0 aliphatic rings. The quantitative estimate of drug-likeness (QED) is 0.0232. The number of nitrogens with zero attached hydrogens (tertiary/aromatic N) is 14. The van der Waals surface area contributed by atoms with Crippen molar-refractivity contribution in [1.82, 2.24) is 65.3 Å². The summed E-state index contributed by atoms with van der Waals surface area (Å²) in [6.45, 7) is 0.179. The number of methoxy groups -OCH3 is 5. The van der Waals surface area contributed by atoms with Crippen molar-refractivity contribution in [2.45, 2.75) is 13.1 Å². The van der Waals surface area contributed by atoms with Crippen molar-refractivity contribution in [3.63, 3.8) is 0 Å². The van der Waals surface area contributed by atoms with E-state index in [1.54, 1.807) is 123 Å². The van der Waals surface area contributed by atoms with Crippen molar-refractivity contribution in [1.29, 1.82) is 0 Å². The Balaban J connectivity index is 0.000000213. The molecule has 2 aromatic carbocycles. The van der Waals surface area contributed by atoms with Crippen LogP contribution in [-0.2, 0) is 17.8 Å². The van der Waals surface area contributed by atoms with Gasteiger partial charge in [-0.3, -0.25) is 29.9 Å². The molecule has 87 heavy (non-hydrogen) atoms. The van der Waals surface area contributed by atoms with Gasteiger partial charge in [-0.05, 0) is 88.7 Å². The van der Waals surface area contributed by atoms with Crippen LogP contribution >= 0.6 is 15.9 Å². The summed E-state index contributed by atoms with van der Waals surface area (Å²) in [7, 11) is 7.50. The van der Waals surface area contributed by atoms with Gasteiger partial charge in [0.1, 0.15) is 27.9 Å². The van der Waals surface area contributed by atoms with E-state index in [1.165, 1.54) is 145 Å². The summed E-state index contributed by atoms with van der Waals surface area (Å²) in [4.78, 5) is 75.2. The van der Waals surface area contributed by atoms with Crippen LogP contribution < -0.4 is 45.3 Å². The number of aromatic nitrogens is 12. The van der Waals surface area contributed by atoms with E-state index < -0.39 is 23.5 Å². The second kappa shape index (κ2) is 39.1. The van der Waals surface area contributed by atoms with Gasteiger partial charge in [0.2, 0.25) is 0 Å². The first-order valence-corrected chi connectivity index (χ1v) is 42.5. The summed E-state index contributed by atoms with van der Waals surface area (Å²) in [5, 5.41) is 11.7. The summed E-state index contributed by atoms with van der Waals surface area (Å²) >= 11 is 5.72. The zero-order valence-electron chi connectivity index (χ0n) is 48.0. The number of halogens is 3. The van der Waals surface area contributed by atoms with Crippen LogP contribution in [0.1, 0.15) is 31.8 Å². The van der Waals surface area contributed by atoms with E-state index >= 15 is 0 Å². The summed E-state index contributed by atoms with van der Waals surface area (Å²) in [6.07, 6.45) is 25.3. The molecule has 0 radical (unpaired) electrons. The van der Waals surface area contributed by atoms with Crippen LogP contribution in [0, 0.1) is 11.6 Å².